The van der Waals surface area contributed by atoms with Gasteiger partial charge in [0.15, 0.2) is 0 Å². The summed E-state index contributed by atoms with van der Waals surface area (Å²) < 4.78 is 5.54. The second kappa shape index (κ2) is 8.18. The van der Waals surface area contributed by atoms with Gasteiger partial charge in [-0.3, -0.25) is 0 Å². The molecule has 0 saturated heterocycles. The highest BCUT2D eigenvalue weighted by Gasteiger charge is 2.16. The summed E-state index contributed by atoms with van der Waals surface area (Å²) in [5.74, 6) is 1.50. The molecule has 0 amide bonds. The zero-order valence-electron chi connectivity index (χ0n) is 12.4. The van der Waals surface area contributed by atoms with Crippen molar-refractivity contribution in [3.05, 3.63) is 29.3 Å². The van der Waals surface area contributed by atoms with Crippen molar-refractivity contribution in [2.45, 2.75) is 33.6 Å². The normalized spacial score (nSPS) is 14.2. The third kappa shape index (κ3) is 4.51. The SMILES string of the molecule is CCOc1ccc(CC(C)C(CN)CO)c(CC)c1. The minimum atomic E-state index is 0.163. The van der Waals surface area contributed by atoms with E-state index >= 15 is 0 Å². The Hall–Kier alpha value is -1.06. The van der Waals surface area contributed by atoms with Gasteiger partial charge in [-0.05, 0) is 61.4 Å². The van der Waals surface area contributed by atoms with Crippen LogP contribution >= 0.6 is 0 Å². The average molecular weight is 265 g/mol. The van der Waals surface area contributed by atoms with Gasteiger partial charge in [-0.25, -0.2) is 0 Å². The molecular formula is C16H27NO2. The smallest absolute Gasteiger partial charge is 0.119 e. The fourth-order valence-electron chi connectivity index (χ4n) is 2.39. The summed E-state index contributed by atoms with van der Waals surface area (Å²) in [6, 6.07) is 6.30. The number of aliphatic hydroxyl groups is 1. The number of ether oxygens (including phenoxy) is 1. The molecule has 0 heterocycles. The molecule has 0 radical (unpaired) electrons. The van der Waals surface area contributed by atoms with Gasteiger partial charge < -0.3 is 15.6 Å². The molecule has 0 aromatic heterocycles. The molecule has 3 nitrogen and oxygen atoms in total. The summed E-state index contributed by atoms with van der Waals surface area (Å²) in [5.41, 5.74) is 8.36. The van der Waals surface area contributed by atoms with Crippen molar-refractivity contribution in [2.24, 2.45) is 17.6 Å². The molecular weight excluding hydrogens is 238 g/mol. The lowest BCUT2D eigenvalue weighted by atomic mass is 9.87. The first kappa shape index (κ1) is 16.0. The molecule has 3 heteroatoms. The molecule has 0 fully saturated rings. The lowest BCUT2D eigenvalue weighted by molar-refractivity contribution is 0.187. The van der Waals surface area contributed by atoms with E-state index in [1.807, 2.05) is 13.0 Å². The summed E-state index contributed by atoms with van der Waals surface area (Å²) in [5, 5.41) is 9.32. The van der Waals surface area contributed by atoms with Gasteiger partial charge in [0.1, 0.15) is 5.75 Å². The Kier molecular flexibility index (Phi) is 6.89. The van der Waals surface area contributed by atoms with Crippen LogP contribution in [0.25, 0.3) is 0 Å². The Labute approximate surface area is 116 Å². The van der Waals surface area contributed by atoms with Crippen LogP contribution in [0.1, 0.15) is 31.9 Å². The lowest BCUT2D eigenvalue weighted by Gasteiger charge is -2.22. The highest BCUT2D eigenvalue weighted by Crippen LogP contribution is 2.23. The molecule has 1 aromatic rings. The number of aliphatic hydroxyl groups excluding tert-OH is 1. The number of hydrogen-bond acceptors (Lipinski definition) is 3. The zero-order valence-corrected chi connectivity index (χ0v) is 12.4. The molecule has 0 saturated carbocycles. The molecule has 0 spiro atoms. The first-order valence-corrected chi connectivity index (χ1v) is 7.21. The highest BCUT2D eigenvalue weighted by atomic mass is 16.5. The first-order valence-electron chi connectivity index (χ1n) is 7.21. The van der Waals surface area contributed by atoms with E-state index in [4.69, 9.17) is 10.5 Å². The molecule has 0 aliphatic rings. The molecule has 108 valence electrons. The van der Waals surface area contributed by atoms with E-state index in [2.05, 4.69) is 26.0 Å². The van der Waals surface area contributed by atoms with Gasteiger partial charge >= 0.3 is 0 Å². The third-order valence-electron chi connectivity index (χ3n) is 3.75. The minimum Gasteiger partial charge on any atom is -0.494 e. The molecule has 0 aliphatic carbocycles. The number of hydrogen-bond donors (Lipinski definition) is 2. The van der Waals surface area contributed by atoms with Gasteiger partial charge in [0.25, 0.3) is 0 Å². The van der Waals surface area contributed by atoms with Crippen LogP contribution in [-0.2, 0) is 12.8 Å². The van der Waals surface area contributed by atoms with E-state index < -0.39 is 0 Å². The molecule has 2 atom stereocenters. The van der Waals surface area contributed by atoms with E-state index in [1.54, 1.807) is 0 Å². The Balaban J connectivity index is 2.82. The predicted octanol–water partition coefficient (Wildman–Crippen LogP) is 2.39. The van der Waals surface area contributed by atoms with Gasteiger partial charge in [-0.1, -0.05) is 19.9 Å². The van der Waals surface area contributed by atoms with Crippen LogP contribution < -0.4 is 10.5 Å². The van der Waals surface area contributed by atoms with Crippen molar-refractivity contribution in [1.29, 1.82) is 0 Å². The molecule has 3 N–H and O–H groups in total. The maximum Gasteiger partial charge on any atom is 0.119 e. The van der Waals surface area contributed by atoms with Crippen LogP contribution in [-0.4, -0.2) is 24.9 Å². The molecule has 1 aromatic carbocycles. The summed E-state index contributed by atoms with van der Waals surface area (Å²) in [6.07, 6.45) is 1.95. The van der Waals surface area contributed by atoms with Gasteiger partial charge in [0, 0.05) is 6.61 Å². The van der Waals surface area contributed by atoms with Crippen LogP contribution in [0.3, 0.4) is 0 Å². The maximum absolute atomic E-state index is 9.32. The second-order valence-corrected chi connectivity index (χ2v) is 5.08. The first-order chi connectivity index (χ1) is 9.15. The summed E-state index contributed by atoms with van der Waals surface area (Å²) in [7, 11) is 0. The number of benzene rings is 1. The fraction of sp³-hybridized carbons (Fsp3) is 0.625. The van der Waals surface area contributed by atoms with Crippen LogP contribution in [0.5, 0.6) is 5.75 Å². The zero-order chi connectivity index (χ0) is 14.3. The highest BCUT2D eigenvalue weighted by molar-refractivity contribution is 5.36. The third-order valence-corrected chi connectivity index (χ3v) is 3.75. The maximum atomic E-state index is 9.32. The molecule has 0 aliphatic heterocycles. The van der Waals surface area contributed by atoms with Crippen LogP contribution in [0.4, 0.5) is 0 Å². The van der Waals surface area contributed by atoms with E-state index in [1.165, 1.54) is 11.1 Å². The summed E-state index contributed by atoms with van der Waals surface area (Å²) >= 11 is 0. The van der Waals surface area contributed by atoms with Gasteiger partial charge in [-0.2, -0.15) is 0 Å². The fourth-order valence-corrected chi connectivity index (χ4v) is 2.39. The van der Waals surface area contributed by atoms with Crippen LogP contribution in [0.15, 0.2) is 18.2 Å². The molecule has 2 unspecified atom stereocenters. The summed E-state index contributed by atoms with van der Waals surface area (Å²) in [4.78, 5) is 0. The quantitative estimate of drug-likeness (QED) is 0.759. The molecule has 19 heavy (non-hydrogen) atoms. The van der Waals surface area contributed by atoms with Crippen LogP contribution in [0, 0.1) is 11.8 Å². The monoisotopic (exact) mass is 265 g/mol. The molecule has 0 bridgehead atoms. The largest absolute Gasteiger partial charge is 0.494 e. The van der Waals surface area contributed by atoms with Gasteiger partial charge in [-0.15, -0.1) is 0 Å². The predicted molar refractivity (Wildman–Crippen MR) is 79.5 cm³/mol. The van der Waals surface area contributed by atoms with Crippen molar-refractivity contribution >= 4 is 0 Å². The van der Waals surface area contributed by atoms with E-state index in [9.17, 15) is 5.11 Å². The summed E-state index contributed by atoms with van der Waals surface area (Å²) in [6.45, 7) is 7.70. The van der Waals surface area contributed by atoms with Crippen molar-refractivity contribution in [1.82, 2.24) is 0 Å². The van der Waals surface area contributed by atoms with Gasteiger partial charge in [0.2, 0.25) is 0 Å². The van der Waals surface area contributed by atoms with Crippen LogP contribution in [0.2, 0.25) is 0 Å². The Bertz CT molecular complexity index is 375. The second-order valence-electron chi connectivity index (χ2n) is 5.08. The van der Waals surface area contributed by atoms with E-state index in [-0.39, 0.29) is 12.5 Å². The Morgan fingerprint density at radius 3 is 2.53 bits per heavy atom. The topological polar surface area (TPSA) is 55.5 Å². The standard InChI is InChI=1S/C16H27NO2/c1-4-13-9-16(19-5-2)7-6-14(13)8-12(3)15(10-17)11-18/h6-7,9,12,15,18H,4-5,8,10-11,17H2,1-3H3. The minimum absolute atomic E-state index is 0.163. The number of aryl methyl sites for hydroxylation is 1. The van der Waals surface area contributed by atoms with Gasteiger partial charge in [0.05, 0.1) is 6.61 Å². The van der Waals surface area contributed by atoms with Crippen molar-refractivity contribution in [3.63, 3.8) is 0 Å². The van der Waals surface area contributed by atoms with Crippen molar-refractivity contribution < 1.29 is 9.84 Å². The Morgan fingerprint density at radius 1 is 1.26 bits per heavy atom. The number of rotatable bonds is 8. The van der Waals surface area contributed by atoms with Crippen molar-refractivity contribution in [2.75, 3.05) is 19.8 Å². The van der Waals surface area contributed by atoms with Crippen molar-refractivity contribution in [3.8, 4) is 5.75 Å². The Morgan fingerprint density at radius 2 is 2.00 bits per heavy atom. The number of nitrogens with two attached hydrogens (primary N) is 1. The lowest BCUT2D eigenvalue weighted by Crippen LogP contribution is -2.26. The average Bonchev–Trinajstić information content (AvgIpc) is 2.42. The van der Waals surface area contributed by atoms with E-state index in [0.717, 1.165) is 18.6 Å². The van der Waals surface area contributed by atoms with E-state index in [0.29, 0.717) is 19.1 Å². The molecule has 1 rings (SSSR count).